The third kappa shape index (κ3) is 4.29. The van der Waals surface area contributed by atoms with Gasteiger partial charge in [-0.05, 0) is 56.2 Å². The summed E-state index contributed by atoms with van der Waals surface area (Å²) in [6.07, 6.45) is 9.24. The molecule has 2 amide bonds. The minimum atomic E-state index is -0.242. The molecule has 4 rings (SSSR count). The molecule has 1 fully saturated rings. The molecule has 1 saturated carbocycles. The van der Waals surface area contributed by atoms with E-state index >= 15 is 0 Å². The Kier molecular flexibility index (Phi) is 5.42. The third-order valence-corrected chi connectivity index (χ3v) is 4.70. The lowest BCUT2D eigenvalue weighted by molar-refractivity contribution is 0.0941. The second kappa shape index (κ2) is 8.32. The summed E-state index contributed by atoms with van der Waals surface area (Å²) in [6, 6.07) is 7.22. The Hall–Kier alpha value is -3.75. The molecule has 0 radical (unpaired) electrons. The Bertz CT molecular complexity index is 1090. The molecule has 9 nitrogen and oxygen atoms in total. The van der Waals surface area contributed by atoms with E-state index in [2.05, 4.69) is 26.0 Å². The van der Waals surface area contributed by atoms with E-state index in [1.54, 1.807) is 45.9 Å². The van der Waals surface area contributed by atoms with Gasteiger partial charge in [0, 0.05) is 37.0 Å². The van der Waals surface area contributed by atoms with Crippen molar-refractivity contribution in [2.75, 3.05) is 6.54 Å². The molecule has 0 saturated heterocycles. The third-order valence-electron chi connectivity index (χ3n) is 4.70. The monoisotopic (exact) mass is 405 g/mol. The second-order valence-electron chi connectivity index (χ2n) is 7.17. The maximum atomic E-state index is 12.7. The number of nitrogens with zero attached hydrogens (tertiary/aromatic N) is 5. The number of aromatic nitrogens is 5. The van der Waals surface area contributed by atoms with Crippen molar-refractivity contribution in [1.82, 2.24) is 35.4 Å². The van der Waals surface area contributed by atoms with E-state index in [0.29, 0.717) is 23.5 Å². The van der Waals surface area contributed by atoms with Crippen LogP contribution in [0.5, 0.6) is 0 Å². The summed E-state index contributed by atoms with van der Waals surface area (Å²) < 4.78 is 3.30. The number of carbonyl (C=O) groups excluding carboxylic acids is 2. The number of rotatable bonds is 7. The van der Waals surface area contributed by atoms with Gasteiger partial charge in [0.05, 0.1) is 11.9 Å². The first-order chi connectivity index (χ1) is 14.5. The first-order valence-corrected chi connectivity index (χ1v) is 9.87. The van der Waals surface area contributed by atoms with Gasteiger partial charge in [-0.3, -0.25) is 14.3 Å². The van der Waals surface area contributed by atoms with E-state index < -0.39 is 0 Å². The SMILES string of the molecule is CCNC(=O)c1ccc(-n2nnc(C(=O)NC3CC3)c2/C=C/c2cnn(C)c2)cc1. The van der Waals surface area contributed by atoms with E-state index in [-0.39, 0.29) is 23.6 Å². The molecular formula is C21H23N7O2. The summed E-state index contributed by atoms with van der Waals surface area (Å²) >= 11 is 0. The van der Waals surface area contributed by atoms with Crippen molar-refractivity contribution in [3.05, 3.63) is 59.2 Å². The standard InChI is InChI=1S/C21H23N7O2/c1-3-22-20(29)15-5-9-17(10-6-15)28-18(11-4-14-12-23-27(2)13-14)19(25-26-28)21(30)24-16-7-8-16/h4-6,9-13,16H,3,7-8H2,1-2H3,(H,22,29)(H,24,30)/b11-4+. The van der Waals surface area contributed by atoms with E-state index in [4.69, 9.17) is 0 Å². The van der Waals surface area contributed by atoms with Crippen molar-refractivity contribution in [2.45, 2.75) is 25.8 Å². The van der Waals surface area contributed by atoms with Gasteiger partial charge in [0.1, 0.15) is 5.69 Å². The minimum absolute atomic E-state index is 0.135. The first kappa shape index (κ1) is 19.6. The van der Waals surface area contributed by atoms with Crippen LogP contribution < -0.4 is 10.6 Å². The summed E-state index contributed by atoms with van der Waals surface area (Å²) in [5.41, 5.74) is 2.97. The van der Waals surface area contributed by atoms with Crippen LogP contribution in [0.25, 0.3) is 17.8 Å². The van der Waals surface area contributed by atoms with Gasteiger partial charge in [0.25, 0.3) is 11.8 Å². The molecule has 0 unspecified atom stereocenters. The zero-order valence-corrected chi connectivity index (χ0v) is 16.9. The summed E-state index contributed by atoms with van der Waals surface area (Å²) in [4.78, 5) is 24.7. The first-order valence-electron chi connectivity index (χ1n) is 9.87. The summed E-state index contributed by atoms with van der Waals surface area (Å²) in [7, 11) is 1.84. The van der Waals surface area contributed by atoms with Gasteiger partial charge in [-0.2, -0.15) is 5.10 Å². The Morgan fingerprint density at radius 2 is 1.93 bits per heavy atom. The molecule has 0 atom stereocenters. The van der Waals surface area contributed by atoms with Gasteiger partial charge in [-0.15, -0.1) is 5.10 Å². The van der Waals surface area contributed by atoms with Crippen LogP contribution in [0.1, 0.15) is 51.9 Å². The fourth-order valence-corrected chi connectivity index (χ4v) is 2.99. The lowest BCUT2D eigenvalue weighted by atomic mass is 10.2. The van der Waals surface area contributed by atoms with Crippen molar-refractivity contribution in [1.29, 1.82) is 0 Å². The number of nitrogens with one attached hydrogen (secondary N) is 2. The smallest absolute Gasteiger partial charge is 0.274 e. The molecule has 0 bridgehead atoms. The van der Waals surface area contributed by atoms with Crippen molar-refractivity contribution in [2.24, 2.45) is 7.05 Å². The number of benzene rings is 1. The van der Waals surface area contributed by atoms with Crippen LogP contribution in [0.3, 0.4) is 0 Å². The van der Waals surface area contributed by atoms with Crippen molar-refractivity contribution >= 4 is 24.0 Å². The van der Waals surface area contributed by atoms with Gasteiger partial charge >= 0.3 is 0 Å². The fraction of sp³-hybridized carbons (Fsp3) is 0.286. The van der Waals surface area contributed by atoms with Crippen LogP contribution in [0.15, 0.2) is 36.7 Å². The molecule has 1 aliphatic carbocycles. The molecule has 3 aromatic rings. The molecule has 1 aliphatic rings. The highest BCUT2D eigenvalue weighted by Crippen LogP contribution is 2.21. The Morgan fingerprint density at radius 1 is 1.17 bits per heavy atom. The maximum Gasteiger partial charge on any atom is 0.274 e. The number of carbonyl (C=O) groups is 2. The Labute approximate surface area is 173 Å². The zero-order valence-electron chi connectivity index (χ0n) is 16.9. The van der Waals surface area contributed by atoms with Gasteiger partial charge in [-0.25, -0.2) is 4.68 Å². The Balaban J connectivity index is 1.67. The van der Waals surface area contributed by atoms with Gasteiger partial charge in [-0.1, -0.05) is 5.21 Å². The molecule has 30 heavy (non-hydrogen) atoms. The van der Waals surface area contributed by atoms with Crippen molar-refractivity contribution in [3.63, 3.8) is 0 Å². The lowest BCUT2D eigenvalue weighted by Crippen LogP contribution is -2.26. The fourth-order valence-electron chi connectivity index (χ4n) is 2.99. The average Bonchev–Trinajstić information content (AvgIpc) is 3.29. The van der Waals surface area contributed by atoms with Crippen molar-refractivity contribution < 1.29 is 9.59 Å². The van der Waals surface area contributed by atoms with Crippen LogP contribution in [0, 0.1) is 0 Å². The molecule has 2 aromatic heterocycles. The molecule has 0 aliphatic heterocycles. The molecule has 9 heteroatoms. The normalized spacial score (nSPS) is 13.5. The highest BCUT2D eigenvalue weighted by Gasteiger charge is 2.27. The topological polar surface area (TPSA) is 107 Å². The average molecular weight is 405 g/mol. The molecule has 2 N–H and O–H groups in total. The van der Waals surface area contributed by atoms with Gasteiger partial charge in [0.15, 0.2) is 5.69 Å². The minimum Gasteiger partial charge on any atom is -0.352 e. The summed E-state index contributed by atoms with van der Waals surface area (Å²) in [5.74, 6) is -0.377. The maximum absolute atomic E-state index is 12.7. The highest BCUT2D eigenvalue weighted by atomic mass is 16.2. The number of amides is 2. The van der Waals surface area contributed by atoms with Crippen LogP contribution in [-0.2, 0) is 7.05 Å². The summed E-state index contributed by atoms with van der Waals surface area (Å²) in [5, 5.41) is 18.2. The van der Waals surface area contributed by atoms with Crippen LogP contribution >= 0.6 is 0 Å². The molecule has 1 aromatic carbocycles. The number of hydrogen-bond donors (Lipinski definition) is 2. The predicted molar refractivity (Wildman–Crippen MR) is 112 cm³/mol. The molecular weight excluding hydrogens is 382 g/mol. The van der Waals surface area contributed by atoms with Crippen LogP contribution in [0.2, 0.25) is 0 Å². The Morgan fingerprint density at radius 3 is 2.57 bits per heavy atom. The number of aryl methyl sites for hydroxylation is 1. The van der Waals surface area contributed by atoms with Crippen LogP contribution in [-0.4, -0.2) is 49.2 Å². The largest absolute Gasteiger partial charge is 0.352 e. The quantitative estimate of drug-likeness (QED) is 0.624. The summed E-state index contributed by atoms with van der Waals surface area (Å²) in [6.45, 7) is 2.43. The molecule has 0 spiro atoms. The molecule has 2 heterocycles. The highest BCUT2D eigenvalue weighted by molar-refractivity contribution is 5.97. The van der Waals surface area contributed by atoms with Gasteiger partial charge in [0.2, 0.25) is 0 Å². The van der Waals surface area contributed by atoms with Crippen molar-refractivity contribution in [3.8, 4) is 5.69 Å². The second-order valence-corrected chi connectivity index (χ2v) is 7.17. The zero-order chi connectivity index (χ0) is 21.1. The lowest BCUT2D eigenvalue weighted by Gasteiger charge is -2.07. The predicted octanol–water partition coefficient (Wildman–Crippen LogP) is 1.81. The van der Waals surface area contributed by atoms with Crippen LogP contribution in [0.4, 0.5) is 0 Å². The van der Waals surface area contributed by atoms with E-state index in [1.165, 1.54) is 0 Å². The van der Waals surface area contributed by atoms with E-state index in [0.717, 1.165) is 18.4 Å². The number of hydrogen-bond acceptors (Lipinski definition) is 5. The van der Waals surface area contributed by atoms with E-state index in [1.807, 2.05) is 26.2 Å². The molecule has 154 valence electrons. The van der Waals surface area contributed by atoms with Gasteiger partial charge < -0.3 is 10.6 Å². The van der Waals surface area contributed by atoms with E-state index in [9.17, 15) is 9.59 Å².